The van der Waals surface area contributed by atoms with Crippen LogP contribution in [0.1, 0.15) is 29.2 Å². The van der Waals surface area contributed by atoms with Crippen molar-refractivity contribution in [1.82, 2.24) is 10.3 Å². The molecule has 1 amide bonds. The number of carbonyl (C=O) groups excluding carboxylic acids is 1. The van der Waals surface area contributed by atoms with Gasteiger partial charge >= 0.3 is 6.09 Å². The number of primary sulfonamides is 1. The fourth-order valence-corrected chi connectivity index (χ4v) is 4.57. The zero-order valence-corrected chi connectivity index (χ0v) is 18.8. The second kappa shape index (κ2) is 8.58. The number of benzene rings is 2. The Morgan fingerprint density at radius 2 is 1.80 bits per heavy atom. The molecule has 0 saturated heterocycles. The Balaban J connectivity index is 1.85. The van der Waals surface area contributed by atoms with E-state index in [1.165, 1.54) is 23.5 Å². The van der Waals surface area contributed by atoms with Gasteiger partial charge in [-0.15, -0.1) is 0 Å². The lowest BCUT2D eigenvalue weighted by molar-refractivity contribution is 0.200. The van der Waals surface area contributed by atoms with Crippen LogP contribution in [0.4, 0.5) is 9.93 Å². The maximum absolute atomic E-state index is 11.9. The summed E-state index contributed by atoms with van der Waals surface area (Å²) in [6.07, 6.45) is -0.478. The minimum Gasteiger partial charge on any atom is -0.410 e. The molecule has 0 radical (unpaired) electrons. The number of sulfonamides is 1. The number of hydrogen-bond acceptors (Lipinski definition) is 7. The monoisotopic (exact) mass is 448 g/mol. The van der Waals surface area contributed by atoms with Crippen molar-refractivity contribution >= 4 is 42.8 Å². The number of nitrogens with zero attached hydrogens (tertiary/aromatic N) is 1. The number of hydrogen-bond donors (Lipinski definition) is 3. The van der Waals surface area contributed by atoms with E-state index >= 15 is 0 Å². The number of rotatable bonds is 6. The number of aromatic nitrogens is 1. The van der Waals surface area contributed by atoms with Crippen molar-refractivity contribution in [2.45, 2.75) is 39.1 Å². The lowest BCUT2D eigenvalue weighted by Gasteiger charge is -2.13. The van der Waals surface area contributed by atoms with Gasteiger partial charge in [0.05, 0.1) is 15.1 Å². The Morgan fingerprint density at radius 3 is 2.40 bits per heavy atom. The highest BCUT2D eigenvalue weighted by molar-refractivity contribution is 7.89. The number of amides is 1. The third-order valence-corrected chi connectivity index (χ3v) is 6.84. The van der Waals surface area contributed by atoms with Crippen molar-refractivity contribution in [3.8, 4) is 5.75 Å². The van der Waals surface area contributed by atoms with Gasteiger partial charge in [0.25, 0.3) is 0 Å². The average molecular weight is 449 g/mol. The largest absolute Gasteiger partial charge is 0.412 e. The molecule has 0 aliphatic carbocycles. The fraction of sp³-hybridized carbons (Fsp3) is 0.300. The predicted molar refractivity (Wildman–Crippen MR) is 119 cm³/mol. The molecule has 3 aromatic rings. The summed E-state index contributed by atoms with van der Waals surface area (Å²) < 4.78 is 29.2. The Hall–Kier alpha value is -2.69. The Labute approximate surface area is 179 Å². The molecule has 0 aliphatic rings. The molecule has 0 saturated carbocycles. The number of nitrogens with one attached hydrogen (secondary N) is 2. The van der Waals surface area contributed by atoms with Gasteiger partial charge in [0, 0.05) is 18.7 Å². The molecule has 0 bridgehead atoms. The summed E-state index contributed by atoms with van der Waals surface area (Å²) >= 11 is 1.48. The number of aryl methyl sites for hydroxylation is 2. The molecule has 1 heterocycles. The Kier molecular flexibility index (Phi) is 6.30. The van der Waals surface area contributed by atoms with Crippen molar-refractivity contribution in [3.05, 3.63) is 46.5 Å². The van der Waals surface area contributed by atoms with Crippen LogP contribution < -0.4 is 20.5 Å². The first-order valence-electron chi connectivity index (χ1n) is 9.33. The molecule has 30 heavy (non-hydrogen) atoms. The van der Waals surface area contributed by atoms with Gasteiger partial charge in [-0.25, -0.2) is 23.3 Å². The van der Waals surface area contributed by atoms with E-state index in [4.69, 9.17) is 14.9 Å². The summed E-state index contributed by atoms with van der Waals surface area (Å²) in [5.74, 6) is 0.555. The second-order valence-corrected chi connectivity index (χ2v) is 9.42. The molecule has 10 heteroatoms. The number of anilines is 1. The summed E-state index contributed by atoms with van der Waals surface area (Å²) in [7, 11) is -3.71. The van der Waals surface area contributed by atoms with Crippen LogP contribution in [-0.4, -0.2) is 26.0 Å². The summed E-state index contributed by atoms with van der Waals surface area (Å²) in [6, 6.07) is 6.37. The van der Waals surface area contributed by atoms with Gasteiger partial charge in [-0.2, -0.15) is 0 Å². The maximum atomic E-state index is 11.9. The molecule has 0 unspecified atom stereocenters. The normalized spacial score (nSPS) is 11.5. The van der Waals surface area contributed by atoms with E-state index in [-0.39, 0.29) is 4.90 Å². The van der Waals surface area contributed by atoms with Crippen LogP contribution in [0.3, 0.4) is 0 Å². The lowest BCUT2D eigenvalue weighted by Crippen LogP contribution is -2.26. The quantitative estimate of drug-likeness (QED) is 0.529. The summed E-state index contributed by atoms with van der Waals surface area (Å²) in [4.78, 5) is 16.7. The van der Waals surface area contributed by atoms with Gasteiger partial charge in [0.2, 0.25) is 10.0 Å². The molecule has 160 valence electrons. The van der Waals surface area contributed by atoms with Gasteiger partial charge in [-0.1, -0.05) is 23.5 Å². The highest BCUT2D eigenvalue weighted by Crippen LogP contribution is 2.39. The topological polar surface area (TPSA) is 123 Å². The van der Waals surface area contributed by atoms with Gasteiger partial charge in [0.1, 0.15) is 5.75 Å². The van der Waals surface area contributed by atoms with E-state index < -0.39 is 16.1 Å². The van der Waals surface area contributed by atoms with E-state index in [1.807, 2.05) is 27.7 Å². The smallest absolute Gasteiger partial charge is 0.410 e. The van der Waals surface area contributed by atoms with Crippen molar-refractivity contribution in [3.63, 3.8) is 0 Å². The molecule has 0 spiro atoms. The van der Waals surface area contributed by atoms with Crippen molar-refractivity contribution in [2.75, 3.05) is 11.9 Å². The SMILES string of the molecule is CCNC(=O)Oc1c(C)c(C)c2nc(NCc3ccc(S(N)(=O)=O)cc3)sc2c1C. The van der Waals surface area contributed by atoms with Gasteiger partial charge < -0.3 is 15.4 Å². The van der Waals surface area contributed by atoms with Crippen LogP contribution in [0.25, 0.3) is 10.2 Å². The molecule has 0 atom stereocenters. The van der Waals surface area contributed by atoms with E-state index in [9.17, 15) is 13.2 Å². The predicted octanol–water partition coefficient (Wildman–Crippen LogP) is 3.59. The third kappa shape index (κ3) is 4.55. The van der Waals surface area contributed by atoms with E-state index in [1.54, 1.807) is 12.1 Å². The molecule has 1 aromatic heterocycles. The molecule has 2 aromatic carbocycles. The number of fused-ring (bicyclic) bond motifs is 1. The molecule has 8 nitrogen and oxygen atoms in total. The van der Waals surface area contributed by atoms with Crippen molar-refractivity contribution in [2.24, 2.45) is 5.14 Å². The first-order valence-corrected chi connectivity index (χ1v) is 11.7. The van der Waals surface area contributed by atoms with Crippen LogP contribution in [-0.2, 0) is 16.6 Å². The Morgan fingerprint density at radius 1 is 1.13 bits per heavy atom. The number of thiazole rings is 1. The van der Waals surface area contributed by atoms with Crippen LogP contribution in [0.2, 0.25) is 0 Å². The van der Waals surface area contributed by atoms with E-state index in [2.05, 4.69) is 10.6 Å². The maximum Gasteiger partial charge on any atom is 0.412 e. The lowest BCUT2D eigenvalue weighted by atomic mass is 10.0. The van der Waals surface area contributed by atoms with Crippen molar-refractivity contribution < 1.29 is 17.9 Å². The fourth-order valence-electron chi connectivity index (χ4n) is 3.04. The van der Waals surface area contributed by atoms with Gasteiger partial charge in [-0.05, 0) is 56.5 Å². The molecular formula is C20H24N4O4S2. The van der Waals surface area contributed by atoms with Gasteiger partial charge in [-0.3, -0.25) is 0 Å². The molecule has 3 rings (SSSR count). The number of nitrogens with two attached hydrogens (primary N) is 1. The first kappa shape index (κ1) is 22.0. The number of carbonyl (C=O) groups is 1. The minimum atomic E-state index is -3.71. The molecule has 0 aliphatic heterocycles. The first-order chi connectivity index (χ1) is 14.1. The summed E-state index contributed by atoms with van der Waals surface area (Å²) in [5.41, 5.74) is 4.46. The molecular weight excluding hydrogens is 424 g/mol. The second-order valence-electron chi connectivity index (χ2n) is 6.86. The van der Waals surface area contributed by atoms with Crippen LogP contribution >= 0.6 is 11.3 Å². The van der Waals surface area contributed by atoms with E-state index in [0.717, 1.165) is 37.6 Å². The van der Waals surface area contributed by atoms with Crippen LogP contribution in [0, 0.1) is 20.8 Å². The standard InChI is InChI=1S/C20H24N4O4S2/c1-5-22-20(25)28-17-12(3)11(2)16-18(13(17)4)29-19(24-16)23-10-14-6-8-15(9-7-14)30(21,26)27/h6-9H,5,10H2,1-4H3,(H,22,25)(H,23,24)(H2,21,26,27). The highest BCUT2D eigenvalue weighted by atomic mass is 32.2. The molecule has 0 fully saturated rings. The third-order valence-electron chi connectivity index (χ3n) is 4.78. The van der Waals surface area contributed by atoms with Crippen LogP contribution in [0.15, 0.2) is 29.2 Å². The number of ether oxygens (including phenoxy) is 1. The zero-order chi connectivity index (χ0) is 22.1. The molecule has 4 N–H and O–H groups in total. The average Bonchev–Trinajstić information content (AvgIpc) is 3.12. The van der Waals surface area contributed by atoms with Gasteiger partial charge in [0.15, 0.2) is 5.13 Å². The zero-order valence-electron chi connectivity index (χ0n) is 17.2. The summed E-state index contributed by atoms with van der Waals surface area (Å²) in [6.45, 7) is 8.58. The highest BCUT2D eigenvalue weighted by Gasteiger charge is 2.19. The van der Waals surface area contributed by atoms with Crippen LogP contribution in [0.5, 0.6) is 5.75 Å². The summed E-state index contributed by atoms with van der Waals surface area (Å²) in [5, 5.41) is 11.8. The minimum absolute atomic E-state index is 0.0765. The Bertz CT molecular complexity index is 1200. The van der Waals surface area contributed by atoms with E-state index in [0.29, 0.717) is 18.8 Å². The van der Waals surface area contributed by atoms with Crippen molar-refractivity contribution in [1.29, 1.82) is 0 Å².